The van der Waals surface area contributed by atoms with Crippen molar-refractivity contribution in [2.45, 2.75) is 140 Å². The number of hydrogen-bond donors (Lipinski definition) is 2. The van der Waals surface area contributed by atoms with Crippen molar-refractivity contribution in [1.82, 2.24) is 0 Å². The molecule has 0 radical (unpaired) electrons. The van der Waals surface area contributed by atoms with Gasteiger partial charge in [0.25, 0.3) is 0 Å². The number of aliphatic carboxylic acids is 2. The zero-order valence-electron chi connectivity index (χ0n) is 45.8. The van der Waals surface area contributed by atoms with Crippen LogP contribution in [0.1, 0.15) is 135 Å². The summed E-state index contributed by atoms with van der Waals surface area (Å²) >= 11 is 0. The minimum atomic E-state index is -4.78. The van der Waals surface area contributed by atoms with E-state index in [1.165, 1.54) is 12.1 Å². The van der Waals surface area contributed by atoms with Crippen molar-refractivity contribution in [2.75, 3.05) is 37.0 Å². The summed E-state index contributed by atoms with van der Waals surface area (Å²) in [5.74, 6) is -2.36. The highest BCUT2D eigenvalue weighted by Crippen LogP contribution is 2.54. The van der Waals surface area contributed by atoms with E-state index >= 15 is 0 Å². The van der Waals surface area contributed by atoms with Crippen molar-refractivity contribution >= 4 is 68.4 Å². The van der Waals surface area contributed by atoms with Gasteiger partial charge in [0.05, 0.1) is 26.2 Å². The van der Waals surface area contributed by atoms with Crippen molar-refractivity contribution < 1.29 is 52.1 Å². The molecule has 0 saturated carbocycles. The number of benzene rings is 3. The highest BCUT2D eigenvalue weighted by atomic mass is 32.2. The average Bonchev–Trinajstić information content (AvgIpc) is 3.92. The number of aryl methyl sites for hydroxylation is 1. The second-order valence-corrected chi connectivity index (χ2v) is 24.8. The molecule has 77 heavy (non-hydrogen) atoms. The van der Waals surface area contributed by atoms with Crippen LogP contribution in [-0.2, 0) is 41.4 Å². The number of carboxylic acids is 2. The van der Waals surface area contributed by atoms with Gasteiger partial charge >= 0.3 is 11.9 Å². The van der Waals surface area contributed by atoms with Crippen molar-refractivity contribution in [2.24, 2.45) is 0 Å². The normalized spacial score (nSPS) is 19.6. The van der Waals surface area contributed by atoms with Crippen LogP contribution < -0.4 is 41.3 Å². The molecular formula is C61H67N4O11S-. The molecule has 4 aromatic rings. The maximum Gasteiger partial charge on any atom is 0.303 e. The van der Waals surface area contributed by atoms with Crippen LogP contribution in [0.15, 0.2) is 109 Å². The van der Waals surface area contributed by atoms with Crippen LogP contribution in [0.3, 0.4) is 0 Å². The maximum absolute atomic E-state index is 14.2. The van der Waals surface area contributed by atoms with Crippen LogP contribution in [-0.4, -0.2) is 82.9 Å². The molecule has 0 bridgehead atoms. The molecule has 15 nitrogen and oxygen atoms in total. The number of carboxylic acid groups (broad SMARTS) is 2. The summed E-state index contributed by atoms with van der Waals surface area (Å²) in [6.45, 7) is 19.1. The Morgan fingerprint density at radius 1 is 0.623 bits per heavy atom. The Morgan fingerprint density at radius 3 is 1.75 bits per heavy atom. The Kier molecular flexibility index (Phi) is 13.5. The van der Waals surface area contributed by atoms with Crippen molar-refractivity contribution in [3.05, 3.63) is 153 Å². The minimum Gasteiger partial charge on any atom is -0.872 e. The van der Waals surface area contributed by atoms with Crippen LogP contribution in [0.2, 0.25) is 0 Å². The fourth-order valence-electron chi connectivity index (χ4n) is 12.4. The number of anilines is 2. The molecule has 0 amide bonds. The summed E-state index contributed by atoms with van der Waals surface area (Å²) in [6, 6.07) is 14.6. The molecule has 16 heteroatoms. The molecule has 0 saturated heterocycles. The number of rotatable bonds is 17. The molecule has 0 spiro atoms. The first-order valence-electron chi connectivity index (χ1n) is 26.3. The molecule has 5 aliphatic rings. The van der Waals surface area contributed by atoms with Gasteiger partial charge in [0.2, 0.25) is 22.2 Å². The standard InChI is InChI=1S/C61H68N4O11S/c1-34-20-22-44-40(26-34)60(6,7)50(64(44)24-16-12-14-18-52(66)67)30-38-54(70)36(55(38)71)28-48-58(2,3)42-32-47-43(33-46(42)62(48)10)59(4,5)49(63(47)11)29-37-56(72)39(57(37)73)31-51-61(8,9)41-27-35(77(74,75)76)21-23-45(41)65(51)25-17-13-15-19-53(68)69/h20-23,26-33H,12-19,24-25H2,1-11H3,(H3-2,66,67,68,69,70,71,74,75,76)/p-1. The lowest BCUT2D eigenvalue weighted by Gasteiger charge is -2.39. The number of fused-ring (bicyclic) bond motifs is 4. The summed E-state index contributed by atoms with van der Waals surface area (Å²) in [5.41, 5.74) is 7.67. The summed E-state index contributed by atoms with van der Waals surface area (Å²) in [5, 5.41) is 46.6. The van der Waals surface area contributed by atoms with Crippen molar-refractivity contribution in [3.8, 4) is 0 Å². The number of allylic oxidation sites excluding steroid dienone is 4. The molecule has 0 aromatic heterocycles. The second-order valence-electron chi connectivity index (χ2n) is 23.5. The topological polar surface area (TPSA) is 225 Å². The second kappa shape index (κ2) is 19.1. The van der Waals surface area contributed by atoms with Crippen LogP contribution in [0.5, 0.6) is 0 Å². The molecule has 4 aromatic carbocycles. The summed E-state index contributed by atoms with van der Waals surface area (Å²) in [4.78, 5) is 54.5. The Hall–Kier alpha value is -7.17. The van der Waals surface area contributed by atoms with E-state index < -0.39 is 54.6 Å². The largest absolute Gasteiger partial charge is 0.872 e. The maximum atomic E-state index is 14.2. The Labute approximate surface area is 449 Å². The van der Waals surface area contributed by atoms with Crippen molar-refractivity contribution in [1.29, 1.82) is 0 Å². The highest BCUT2D eigenvalue weighted by Gasteiger charge is 2.49. The molecule has 1 aliphatic carbocycles. The van der Waals surface area contributed by atoms with E-state index in [2.05, 4.69) is 62.9 Å². The Morgan fingerprint density at radius 2 is 1.16 bits per heavy atom. The lowest BCUT2D eigenvalue weighted by atomic mass is 9.78. The van der Waals surface area contributed by atoms with Gasteiger partial charge in [-0.1, -0.05) is 63.3 Å². The zero-order valence-corrected chi connectivity index (χ0v) is 46.6. The third-order valence-corrected chi connectivity index (χ3v) is 17.8. The third kappa shape index (κ3) is 9.00. The smallest absolute Gasteiger partial charge is 0.303 e. The molecule has 0 fully saturated rings. The van der Waals surface area contributed by atoms with E-state index in [-0.39, 0.29) is 50.8 Å². The predicted octanol–water partition coefficient (Wildman–Crippen LogP) is 5.66. The van der Waals surface area contributed by atoms with Gasteiger partial charge in [-0.25, -0.2) is 8.42 Å². The Balaban J connectivity index is 1.02. The molecule has 404 valence electrons. The summed E-state index contributed by atoms with van der Waals surface area (Å²) in [6.07, 6.45) is 10.5. The van der Waals surface area contributed by atoms with Gasteiger partial charge in [0, 0.05) is 102 Å². The molecule has 9 rings (SSSR count). The SMILES string of the molecule is Cc1ccc2c(c1)C(C)(C)C(=CC1=C([O-])C(C=C3N(C)c4cc5c(cc4C3(C)C)[N+](C)=C(C=c3c(=O)c(=CC4=[N+](CCCCCC(=O)O)c6ccc(S(=O)(=O)[O-])cc6C4(C)C)c3=O)C5(C)C)=C1[O-])N2CCCCCC(=O)O. The van der Waals surface area contributed by atoms with Gasteiger partial charge < -0.3 is 34.8 Å². The quantitative estimate of drug-likeness (QED) is 0.0741. The van der Waals surface area contributed by atoms with Crippen LogP contribution in [0.4, 0.5) is 22.7 Å². The molecule has 0 unspecified atom stereocenters. The van der Waals surface area contributed by atoms with Gasteiger partial charge in [-0.15, -0.1) is 0 Å². The zero-order chi connectivity index (χ0) is 56.2. The lowest BCUT2D eigenvalue weighted by molar-refractivity contribution is -0.437. The van der Waals surface area contributed by atoms with Crippen LogP contribution >= 0.6 is 0 Å². The molecule has 0 atom stereocenters. The predicted molar refractivity (Wildman–Crippen MR) is 292 cm³/mol. The average molecular weight is 1060 g/mol. The fourth-order valence-corrected chi connectivity index (χ4v) is 12.9. The highest BCUT2D eigenvalue weighted by molar-refractivity contribution is 7.85. The van der Waals surface area contributed by atoms with E-state index in [1.807, 2.05) is 62.8 Å². The first kappa shape index (κ1) is 54.6. The van der Waals surface area contributed by atoms with Crippen LogP contribution in [0, 0.1) is 6.92 Å². The molecule has 2 N–H and O–H groups in total. The molecule has 4 aliphatic heterocycles. The van der Waals surface area contributed by atoms with E-state index in [1.54, 1.807) is 30.4 Å². The lowest BCUT2D eigenvalue weighted by Crippen LogP contribution is -2.65. The first-order valence-corrected chi connectivity index (χ1v) is 27.7. The fraction of sp³-hybridized carbons (Fsp3) is 0.410. The van der Waals surface area contributed by atoms with E-state index in [0.717, 1.165) is 69.3 Å². The van der Waals surface area contributed by atoms with Crippen molar-refractivity contribution in [3.63, 3.8) is 0 Å². The monoisotopic (exact) mass is 1060 g/mol. The number of nitrogens with zero attached hydrogens (tertiary/aromatic N) is 4. The first-order chi connectivity index (χ1) is 35.9. The van der Waals surface area contributed by atoms with Gasteiger partial charge in [-0.2, -0.15) is 9.15 Å². The number of hydrogen-bond acceptors (Lipinski definition) is 11. The minimum absolute atomic E-state index is 0.0154. The van der Waals surface area contributed by atoms with Gasteiger partial charge in [-0.05, 0) is 119 Å². The molecular weight excluding hydrogens is 997 g/mol. The van der Waals surface area contributed by atoms with Gasteiger partial charge in [0.1, 0.15) is 23.7 Å². The third-order valence-electron chi connectivity index (χ3n) is 17.0. The number of carbonyl (C=O) groups is 2. The van der Waals surface area contributed by atoms with E-state index in [9.17, 15) is 42.4 Å². The summed E-state index contributed by atoms with van der Waals surface area (Å²) in [7, 11) is -0.959. The van der Waals surface area contributed by atoms with E-state index in [0.29, 0.717) is 55.7 Å². The Bertz CT molecular complexity index is 3760. The van der Waals surface area contributed by atoms with Gasteiger partial charge in [-0.3, -0.25) is 19.2 Å². The number of unbranched alkanes of at least 4 members (excludes halogenated alkanes) is 4. The van der Waals surface area contributed by atoms with E-state index in [4.69, 9.17) is 10.2 Å². The number of likely N-dealkylation sites (N-methyl/N-ethyl adjacent to an activating group) is 1. The summed E-state index contributed by atoms with van der Waals surface area (Å²) < 4.78 is 40.2. The van der Waals surface area contributed by atoms with Crippen LogP contribution in [0.25, 0.3) is 12.2 Å². The molecule has 4 heterocycles. The van der Waals surface area contributed by atoms with Gasteiger partial charge in [0.15, 0.2) is 11.4 Å².